The number of aliphatic hydroxyl groups is 3. The van der Waals surface area contributed by atoms with E-state index in [1.165, 1.54) is 12.1 Å². The number of halogens is 2. The lowest BCUT2D eigenvalue weighted by atomic mass is 9.93. The van der Waals surface area contributed by atoms with Gasteiger partial charge in [-0.05, 0) is 12.1 Å². The molecule has 1 aromatic rings. The van der Waals surface area contributed by atoms with E-state index in [0.717, 1.165) is 0 Å². The lowest BCUT2D eigenvalue weighted by Crippen LogP contribution is -2.55. The largest absolute Gasteiger partial charge is 0.459 e. The van der Waals surface area contributed by atoms with Gasteiger partial charge in [0, 0.05) is 0 Å². The van der Waals surface area contributed by atoms with Crippen LogP contribution in [-0.2, 0) is 9.47 Å². The van der Waals surface area contributed by atoms with Crippen molar-refractivity contribution in [3.8, 4) is 0 Å². The number of ether oxygens (including phenoxy) is 2. The Hall–Kier alpha value is -1.61. The zero-order valence-electron chi connectivity index (χ0n) is 10.7. The number of alkyl halides is 2. The Morgan fingerprint density at radius 2 is 1.95 bits per heavy atom. The Labute approximate surface area is 118 Å². The van der Waals surface area contributed by atoms with E-state index in [2.05, 4.69) is 4.74 Å². The van der Waals surface area contributed by atoms with Crippen molar-refractivity contribution >= 4 is 5.97 Å². The molecule has 1 fully saturated rings. The molecule has 1 heterocycles. The fraction of sp³-hybridized carbons (Fsp3) is 0.462. The van der Waals surface area contributed by atoms with Gasteiger partial charge in [-0.3, -0.25) is 0 Å². The van der Waals surface area contributed by atoms with Gasteiger partial charge in [0.15, 0.2) is 11.9 Å². The minimum atomic E-state index is -3.38. The van der Waals surface area contributed by atoms with Crippen LogP contribution in [0.4, 0.5) is 8.78 Å². The zero-order chi connectivity index (χ0) is 15.6. The molecule has 0 amide bonds. The molecule has 1 aliphatic heterocycles. The maximum absolute atomic E-state index is 12.9. The Balaban J connectivity index is 2.04. The maximum atomic E-state index is 12.9. The molecule has 1 saturated heterocycles. The predicted octanol–water partition coefficient (Wildman–Crippen LogP) is -0.0823. The van der Waals surface area contributed by atoms with Crippen LogP contribution in [0, 0.1) is 0 Å². The summed E-state index contributed by atoms with van der Waals surface area (Å²) in [5, 5.41) is 28.4. The molecule has 6 nitrogen and oxygen atoms in total. The third-order valence-electron chi connectivity index (χ3n) is 3.29. The van der Waals surface area contributed by atoms with E-state index in [1.807, 2.05) is 0 Å². The van der Waals surface area contributed by atoms with E-state index in [1.54, 1.807) is 18.2 Å². The second kappa shape index (κ2) is 6.02. The van der Waals surface area contributed by atoms with Gasteiger partial charge in [-0.2, -0.15) is 0 Å². The summed E-state index contributed by atoms with van der Waals surface area (Å²) in [6, 6.07) is 7.78. The van der Waals surface area contributed by atoms with Crippen LogP contribution in [0.5, 0.6) is 0 Å². The maximum Gasteiger partial charge on any atom is 0.338 e. The average molecular weight is 304 g/mol. The van der Waals surface area contributed by atoms with Crippen molar-refractivity contribution < 1.29 is 38.4 Å². The number of hydrogen-bond acceptors (Lipinski definition) is 6. The summed E-state index contributed by atoms with van der Waals surface area (Å²) >= 11 is 0. The highest BCUT2D eigenvalue weighted by Gasteiger charge is 2.61. The third-order valence-corrected chi connectivity index (χ3v) is 3.29. The molecule has 0 saturated carbocycles. The molecule has 116 valence electrons. The van der Waals surface area contributed by atoms with E-state index < -0.39 is 43.1 Å². The van der Waals surface area contributed by atoms with E-state index in [9.17, 15) is 28.9 Å². The summed E-state index contributed by atoms with van der Waals surface area (Å²) in [5.74, 6) is -0.799. The molecule has 3 N–H and O–H groups in total. The minimum Gasteiger partial charge on any atom is -0.459 e. The van der Waals surface area contributed by atoms with Crippen molar-refractivity contribution in [2.24, 2.45) is 0 Å². The van der Waals surface area contributed by atoms with Crippen LogP contribution in [0.25, 0.3) is 0 Å². The van der Waals surface area contributed by atoms with Crippen LogP contribution in [0.3, 0.4) is 0 Å². The first-order valence-corrected chi connectivity index (χ1v) is 6.11. The molecule has 0 aliphatic carbocycles. The highest BCUT2D eigenvalue weighted by atomic mass is 19.3. The number of carbonyl (C=O) groups excluding carboxylic acids is 1. The SMILES string of the molecule is O=C(OC[C@H]1O[C@H](O)[C@H](O)[C@@]1(O)C(F)F)c1ccccc1. The standard InChI is InChI=1S/C13H14F2O6/c14-12(15)13(19)8(21-11(18)9(13)16)6-20-10(17)7-4-2-1-3-5-7/h1-5,8-9,11-12,16,18-19H,6H2/t8-,9+,11+,13-/m1/s1. The van der Waals surface area contributed by atoms with Crippen molar-refractivity contribution in [2.75, 3.05) is 6.61 Å². The van der Waals surface area contributed by atoms with Gasteiger partial charge in [0.1, 0.15) is 18.8 Å². The highest BCUT2D eigenvalue weighted by molar-refractivity contribution is 5.89. The molecule has 0 unspecified atom stereocenters. The van der Waals surface area contributed by atoms with Crippen LogP contribution >= 0.6 is 0 Å². The van der Waals surface area contributed by atoms with Crippen molar-refractivity contribution in [3.05, 3.63) is 35.9 Å². The van der Waals surface area contributed by atoms with Crippen molar-refractivity contribution in [2.45, 2.75) is 30.5 Å². The zero-order valence-corrected chi connectivity index (χ0v) is 10.7. The van der Waals surface area contributed by atoms with Crippen LogP contribution in [0.15, 0.2) is 30.3 Å². The van der Waals surface area contributed by atoms with Gasteiger partial charge in [-0.25, -0.2) is 13.6 Å². The van der Waals surface area contributed by atoms with Gasteiger partial charge in [-0.1, -0.05) is 18.2 Å². The van der Waals surface area contributed by atoms with Gasteiger partial charge >= 0.3 is 5.97 Å². The van der Waals surface area contributed by atoms with Gasteiger partial charge in [0.25, 0.3) is 6.43 Å². The lowest BCUT2D eigenvalue weighted by Gasteiger charge is -2.29. The Bertz CT molecular complexity index is 497. The summed E-state index contributed by atoms with van der Waals surface area (Å²) in [5.41, 5.74) is -2.81. The molecule has 0 bridgehead atoms. The molecule has 21 heavy (non-hydrogen) atoms. The lowest BCUT2D eigenvalue weighted by molar-refractivity contribution is -0.173. The molecular weight excluding hydrogens is 290 g/mol. The molecule has 4 atom stereocenters. The quantitative estimate of drug-likeness (QED) is 0.673. The van der Waals surface area contributed by atoms with Gasteiger partial charge in [-0.15, -0.1) is 0 Å². The van der Waals surface area contributed by atoms with Gasteiger partial charge in [0.2, 0.25) is 0 Å². The monoisotopic (exact) mass is 304 g/mol. The second-order valence-electron chi connectivity index (χ2n) is 4.61. The highest BCUT2D eigenvalue weighted by Crippen LogP contribution is 2.35. The molecule has 1 aromatic carbocycles. The summed E-state index contributed by atoms with van der Waals surface area (Å²) in [6.07, 6.45) is -9.30. The normalized spacial score (nSPS) is 32.4. The number of rotatable bonds is 4. The molecule has 0 aromatic heterocycles. The van der Waals surface area contributed by atoms with E-state index in [0.29, 0.717) is 0 Å². The molecular formula is C13H14F2O6. The fourth-order valence-corrected chi connectivity index (χ4v) is 2.02. The van der Waals surface area contributed by atoms with Gasteiger partial charge in [0.05, 0.1) is 5.56 Å². The second-order valence-corrected chi connectivity index (χ2v) is 4.61. The summed E-state index contributed by atoms with van der Waals surface area (Å²) in [4.78, 5) is 11.7. The van der Waals surface area contributed by atoms with E-state index >= 15 is 0 Å². The van der Waals surface area contributed by atoms with Gasteiger partial charge < -0.3 is 24.8 Å². The Kier molecular flexibility index (Phi) is 4.52. The minimum absolute atomic E-state index is 0.192. The van der Waals surface area contributed by atoms with E-state index in [4.69, 9.17) is 4.74 Å². The summed E-state index contributed by atoms with van der Waals surface area (Å²) < 4.78 is 35.2. The van der Waals surface area contributed by atoms with Crippen molar-refractivity contribution in [1.29, 1.82) is 0 Å². The number of hydrogen-bond donors (Lipinski definition) is 3. The first-order valence-electron chi connectivity index (χ1n) is 6.11. The summed E-state index contributed by atoms with van der Waals surface area (Å²) in [6.45, 7) is -0.733. The Morgan fingerprint density at radius 1 is 1.33 bits per heavy atom. The smallest absolute Gasteiger partial charge is 0.338 e. The van der Waals surface area contributed by atoms with Crippen LogP contribution in [0.1, 0.15) is 10.4 Å². The molecule has 8 heteroatoms. The number of carbonyl (C=O) groups is 1. The Morgan fingerprint density at radius 3 is 2.52 bits per heavy atom. The average Bonchev–Trinajstić information content (AvgIpc) is 2.71. The molecule has 1 aliphatic rings. The topological polar surface area (TPSA) is 96.2 Å². The summed E-state index contributed by atoms with van der Waals surface area (Å²) in [7, 11) is 0. The van der Waals surface area contributed by atoms with E-state index in [-0.39, 0.29) is 5.56 Å². The molecule has 2 rings (SSSR count). The number of esters is 1. The number of aliphatic hydroxyl groups excluding tert-OH is 2. The predicted molar refractivity (Wildman–Crippen MR) is 64.6 cm³/mol. The van der Waals surface area contributed by atoms with Crippen molar-refractivity contribution in [3.63, 3.8) is 0 Å². The van der Waals surface area contributed by atoms with Crippen LogP contribution in [-0.4, -0.2) is 58.4 Å². The van der Waals surface area contributed by atoms with Crippen LogP contribution in [0.2, 0.25) is 0 Å². The first kappa shape index (κ1) is 15.8. The van der Waals surface area contributed by atoms with Crippen molar-refractivity contribution in [1.82, 2.24) is 0 Å². The fourth-order valence-electron chi connectivity index (χ4n) is 2.02. The first-order chi connectivity index (χ1) is 9.87. The van der Waals surface area contributed by atoms with Crippen LogP contribution < -0.4 is 0 Å². The number of benzene rings is 1. The molecule has 0 radical (unpaired) electrons. The third kappa shape index (κ3) is 2.88. The molecule has 0 spiro atoms.